The molecule has 0 saturated carbocycles. The van der Waals surface area contributed by atoms with Gasteiger partial charge in [-0.3, -0.25) is 14.4 Å². The van der Waals surface area contributed by atoms with Gasteiger partial charge in [-0.2, -0.15) is 0 Å². The Labute approximate surface area is 480 Å². The molecule has 6 unspecified atom stereocenters. The third-order valence-electron chi connectivity index (χ3n) is 17.2. The lowest BCUT2D eigenvalue weighted by Gasteiger charge is -2.49. The van der Waals surface area contributed by atoms with Crippen LogP contribution in [0.2, 0.25) is 0 Å². The number of hydrogen-bond donors (Lipinski definition) is 6. The molecule has 19 atom stereocenters. The first-order chi connectivity index (χ1) is 38.0. The van der Waals surface area contributed by atoms with Crippen LogP contribution in [0, 0.1) is 23.7 Å². The van der Waals surface area contributed by atoms with Crippen molar-refractivity contribution in [2.45, 2.75) is 216 Å². The van der Waals surface area contributed by atoms with Crippen LogP contribution in [0.5, 0.6) is 0 Å². The fourth-order valence-corrected chi connectivity index (χ4v) is 13.4. The smallest absolute Gasteiger partial charge is 0.341 e. The van der Waals surface area contributed by atoms with E-state index in [9.17, 15) is 44.7 Å². The van der Waals surface area contributed by atoms with Gasteiger partial charge < -0.3 is 83.0 Å². The summed E-state index contributed by atoms with van der Waals surface area (Å²) in [4.78, 5) is 61.7. The third-order valence-corrected chi connectivity index (χ3v) is 18.2. The maximum atomic E-state index is 14.7. The van der Waals surface area contributed by atoms with E-state index in [-0.39, 0.29) is 61.9 Å². The van der Waals surface area contributed by atoms with Crippen molar-refractivity contribution in [2.75, 3.05) is 54.0 Å². The molecule has 3 saturated heterocycles. The van der Waals surface area contributed by atoms with Crippen molar-refractivity contribution in [1.82, 2.24) is 14.8 Å². The first-order valence-corrected chi connectivity index (χ1v) is 29.5. The van der Waals surface area contributed by atoms with Crippen LogP contribution in [0.1, 0.15) is 137 Å². The molecular formula is C58H92N4O18S. The number of pyridine rings is 1. The number of aliphatic hydroxyl groups is 4. The number of aromatic nitrogens is 1. The maximum Gasteiger partial charge on any atom is 0.341 e. The summed E-state index contributed by atoms with van der Waals surface area (Å²) in [7, 11) is 6.62. The number of cyclic esters (lactones) is 1. The number of carbonyl (C=O) groups excluding carboxylic acids is 2. The zero-order valence-corrected chi connectivity index (χ0v) is 50.9. The van der Waals surface area contributed by atoms with Gasteiger partial charge in [-0.15, -0.1) is 11.8 Å². The Morgan fingerprint density at radius 2 is 1.65 bits per heavy atom. The van der Waals surface area contributed by atoms with E-state index >= 15 is 0 Å². The molecule has 1 aromatic carbocycles. The van der Waals surface area contributed by atoms with Gasteiger partial charge in [0.05, 0.1) is 59.7 Å². The summed E-state index contributed by atoms with van der Waals surface area (Å²) in [5.41, 5.74) is -3.70. The van der Waals surface area contributed by atoms with Gasteiger partial charge >= 0.3 is 17.9 Å². The molecule has 0 aliphatic carbocycles. The van der Waals surface area contributed by atoms with E-state index in [1.54, 1.807) is 61.5 Å². The quantitative estimate of drug-likeness (QED) is 0.0353. The molecule has 0 amide bonds. The second-order valence-electron chi connectivity index (χ2n) is 23.9. The van der Waals surface area contributed by atoms with Crippen LogP contribution in [0.4, 0.5) is 0 Å². The Kier molecular flexibility index (Phi) is 22.9. The Morgan fingerprint density at radius 3 is 2.30 bits per heavy atom. The fraction of sp³-hybridized carbons (Fsp3) is 0.776. The molecule has 6 rings (SSSR count). The molecule has 22 nitrogen and oxygen atoms in total. The summed E-state index contributed by atoms with van der Waals surface area (Å²) in [5, 5.41) is 66.6. The van der Waals surface area contributed by atoms with E-state index in [0.717, 1.165) is 28.8 Å². The fourth-order valence-electron chi connectivity index (χ4n) is 12.5. The molecule has 0 spiro atoms. The highest BCUT2D eigenvalue weighted by Gasteiger charge is 2.54. The third kappa shape index (κ3) is 15.2. The molecule has 458 valence electrons. The Morgan fingerprint density at radius 1 is 0.951 bits per heavy atom. The van der Waals surface area contributed by atoms with Gasteiger partial charge in [-0.05, 0) is 112 Å². The first kappa shape index (κ1) is 66.3. The average Bonchev–Trinajstić information content (AvgIpc) is 3.57. The number of aromatic carboxylic acids is 1. The number of rotatable bonds is 19. The van der Waals surface area contributed by atoms with E-state index in [2.05, 4.69) is 16.5 Å². The van der Waals surface area contributed by atoms with Crippen molar-refractivity contribution in [3.63, 3.8) is 0 Å². The Bertz CT molecular complexity index is 2560. The molecule has 4 aliphatic rings. The van der Waals surface area contributed by atoms with Crippen LogP contribution in [0.15, 0.2) is 33.2 Å². The molecule has 23 heteroatoms. The minimum absolute atomic E-state index is 0.0102. The number of carboxylic acid groups (broad SMARTS) is 1. The number of aliphatic hydroxyl groups excluding tert-OH is 2. The topological polar surface area (TPSA) is 285 Å². The van der Waals surface area contributed by atoms with Crippen molar-refractivity contribution in [1.29, 1.82) is 0 Å². The van der Waals surface area contributed by atoms with Gasteiger partial charge in [-0.25, -0.2) is 4.79 Å². The van der Waals surface area contributed by atoms with Crippen LogP contribution in [-0.4, -0.2) is 197 Å². The molecule has 6 N–H and O–H groups in total. The van der Waals surface area contributed by atoms with E-state index in [1.807, 2.05) is 37.4 Å². The average molecular weight is 1170 g/mol. The van der Waals surface area contributed by atoms with Gasteiger partial charge in [-0.1, -0.05) is 32.9 Å². The normalized spacial score (nSPS) is 37.7. The number of benzene rings is 1. The van der Waals surface area contributed by atoms with Gasteiger partial charge in [0.2, 0.25) is 12.2 Å². The number of nitrogens with zero attached hydrogens (tertiary/aromatic N) is 3. The van der Waals surface area contributed by atoms with E-state index < -0.39 is 119 Å². The van der Waals surface area contributed by atoms with Crippen LogP contribution in [0.3, 0.4) is 0 Å². The highest BCUT2D eigenvalue weighted by atomic mass is 32.2. The Balaban J connectivity index is 1.20. The number of oxime groups is 1. The summed E-state index contributed by atoms with van der Waals surface area (Å²) in [6, 6.07) is 3.52. The SMILES string of the molecule is CCC1OC(=O)[C@H](C)[C@@H](OC2CC(C)(OC)C(OC(=O)CCNCCSc3cc4c5c(c3)c(=O)c(C(=O)O)cn5C(C)CC4)[C@H](C)O2)[C@H](C)[C@@H](O[C@@H]2O[C@H](C)C[C@H](N(C)C)[C@H]2O)[C@](C)(O)C[C@@H](C)C(=NOCOC)[C@H](C)[C@@H](O)C1(C)O. The second kappa shape index (κ2) is 27.9. The number of likely N-dealkylation sites (N-methyl/N-ethyl adjacent to an activating group) is 1. The van der Waals surface area contributed by atoms with E-state index in [4.69, 9.17) is 42.7 Å². The summed E-state index contributed by atoms with van der Waals surface area (Å²) in [6.07, 6.45) is -7.13. The zero-order valence-electron chi connectivity index (χ0n) is 50.0. The number of carbonyl (C=O) groups is 3. The number of methoxy groups -OCH3 is 2. The minimum Gasteiger partial charge on any atom is -0.477 e. The summed E-state index contributed by atoms with van der Waals surface area (Å²) in [6.45, 7) is 19.5. The molecule has 4 aliphatic heterocycles. The van der Waals surface area contributed by atoms with Crippen molar-refractivity contribution < 1.29 is 82.6 Å². The number of thioether (sulfide) groups is 1. The van der Waals surface area contributed by atoms with E-state index in [1.165, 1.54) is 39.1 Å². The number of carboxylic acids is 1. The van der Waals surface area contributed by atoms with Gasteiger partial charge in [0.15, 0.2) is 18.7 Å². The van der Waals surface area contributed by atoms with E-state index in [0.29, 0.717) is 30.6 Å². The summed E-state index contributed by atoms with van der Waals surface area (Å²) < 4.78 is 52.0. The lowest BCUT2D eigenvalue weighted by Crippen LogP contribution is -2.61. The molecule has 1 aromatic heterocycles. The maximum absolute atomic E-state index is 14.7. The lowest BCUT2D eigenvalue weighted by atomic mass is 9.73. The number of hydrogen-bond acceptors (Lipinski definition) is 21. The molecule has 81 heavy (non-hydrogen) atoms. The molecule has 5 heterocycles. The van der Waals surface area contributed by atoms with Crippen molar-refractivity contribution in [2.24, 2.45) is 28.8 Å². The van der Waals surface area contributed by atoms with Crippen LogP contribution in [0.25, 0.3) is 10.9 Å². The lowest BCUT2D eigenvalue weighted by molar-refractivity contribution is -0.318. The number of ether oxygens (including phenoxy) is 8. The van der Waals surface area contributed by atoms with Crippen molar-refractivity contribution in [3.8, 4) is 0 Å². The summed E-state index contributed by atoms with van der Waals surface area (Å²) in [5.74, 6) is -5.54. The van der Waals surface area contributed by atoms with Gasteiger partial charge in [0.25, 0.3) is 0 Å². The Hall–Kier alpha value is -3.82. The zero-order chi connectivity index (χ0) is 60.1. The first-order valence-electron chi connectivity index (χ1n) is 28.5. The molecule has 0 bridgehead atoms. The van der Waals surface area contributed by atoms with Crippen LogP contribution < -0.4 is 10.7 Å². The number of aryl methyl sites for hydroxylation is 1. The summed E-state index contributed by atoms with van der Waals surface area (Å²) >= 11 is 1.53. The number of esters is 2. The molecule has 0 radical (unpaired) electrons. The highest BCUT2D eigenvalue weighted by molar-refractivity contribution is 7.99. The van der Waals surface area contributed by atoms with Crippen LogP contribution >= 0.6 is 11.8 Å². The highest BCUT2D eigenvalue weighted by Crippen LogP contribution is 2.42. The standard InChI is InChI=1S/C58H92N4O18S/c1-16-42-58(11,71)50(66)33(5)45(60-74-29-72-14)30(2)26-56(9,70)51(80-55-48(65)41(61(12)13)23-32(4)75-55)34(6)49(35(7)54(69)77-42)79-44-27-57(10,73-15)52(36(8)76-44)78-43(63)19-20-59-21-22-81-38-24-37-18-17-31(3)62-28-40(53(67)68)47(64)39(25-38)46(37)62/h24-25,28,30-36,41-42,44,48-52,55,59,65-66,70-71H,16-23,26-27,29H2,1-15H3,(H,67,68)/t30-,31?,32-,33+,34+,35-,36+,41+,42?,44?,48-,49+,50-,51-,52?,55+,56-,57?,58?/m1/s1. The van der Waals surface area contributed by atoms with Crippen molar-refractivity contribution in [3.05, 3.63) is 39.7 Å². The largest absolute Gasteiger partial charge is 0.477 e. The molecule has 3 fully saturated rings. The predicted octanol–water partition coefficient (Wildman–Crippen LogP) is 5.04. The van der Waals surface area contributed by atoms with Crippen LogP contribution in [-0.2, 0) is 58.7 Å². The molecule has 2 aromatic rings. The monoisotopic (exact) mass is 1160 g/mol. The minimum atomic E-state index is -2.01. The number of nitrogens with one attached hydrogen (secondary N) is 1. The van der Waals surface area contributed by atoms with Crippen molar-refractivity contribution >= 4 is 46.3 Å². The van der Waals surface area contributed by atoms with Gasteiger partial charge in [0, 0.05) is 85.8 Å². The predicted molar refractivity (Wildman–Crippen MR) is 302 cm³/mol. The second-order valence-corrected chi connectivity index (χ2v) is 25.1. The molecular weight excluding hydrogens is 1070 g/mol. The van der Waals surface area contributed by atoms with Gasteiger partial charge in [0.1, 0.15) is 29.0 Å².